The van der Waals surface area contributed by atoms with Crippen molar-refractivity contribution < 1.29 is 19.2 Å². The molecule has 0 aromatic carbocycles. The number of nitrogens with one attached hydrogen (secondary N) is 1. The van der Waals surface area contributed by atoms with Crippen LogP contribution < -0.4 is 5.64 Å². The van der Waals surface area contributed by atoms with Crippen molar-refractivity contribution in [1.29, 1.82) is 0 Å². The van der Waals surface area contributed by atoms with Gasteiger partial charge in [0.1, 0.15) is 0 Å². The first kappa shape index (κ1) is 29.4. The van der Waals surface area contributed by atoms with Gasteiger partial charge in [-0.2, -0.15) is 0 Å². The molecule has 0 saturated heterocycles. The van der Waals surface area contributed by atoms with E-state index in [4.69, 9.17) is 22.3 Å². The molecule has 0 aromatic heterocycles. The van der Waals surface area contributed by atoms with E-state index in [2.05, 4.69) is 12.6 Å². The molecule has 0 heterocycles. The summed E-state index contributed by atoms with van der Waals surface area (Å²) in [6.07, 6.45) is 17.3. The summed E-state index contributed by atoms with van der Waals surface area (Å²) in [6, 6.07) is 0. The largest absolute Gasteiger partial charge is 0.466 e. The van der Waals surface area contributed by atoms with Crippen LogP contribution in [0.5, 0.6) is 0 Å². The number of hydrogen-bond donors (Lipinski definition) is 1. The second kappa shape index (κ2) is 23.0. The Morgan fingerprint density at radius 2 is 1.37 bits per heavy atom. The Kier molecular flexibility index (Phi) is 22.6. The van der Waals surface area contributed by atoms with E-state index in [1.165, 1.54) is 70.6 Å². The van der Waals surface area contributed by atoms with Gasteiger partial charge in [0.25, 0.3) is 0 Å². The van der Waals surface area contributed by atoms with Crippen molar-refractivity contribution in [3.63, 3.8) is 0 Å². The molecule has 0 spiro atoms. The van der Waals surface area contributed by atoms with Crippen LogP contribution >= 0.6 is 0 Å². The highest BCUT2D eigenvalue weighted by molar-refractivity contribution is 6.11. The van der Waals surface area contributed by atoms with Gasteiger partial charge in [-0.1, -0.05) is 89.6 Å². The molecular formula is C23H47BN2O4. The molecule has 0 aliphatic heterocycles. The number of nitrogens with zero attached hydrogens (tertiary/aromatic N) is 1. The Bertz CT molecular complexity index is 373. The van der Waals surface area contributed by atoms with Gasteiger partial charge < -0.3 is 9.64 Å². The Morgan fingerprint density at radius 1 is 0.833 bits per heavy atom. The number of ether oxygens (including phenoxy) is 1. The normalized spacial score (nSPS) is 12.4. The molecule has 0 aromatic rings. The van der Waals surface area contributed by atoms with Crippen molar-refractivity contribution >= 4 is 13.8 Å². The summed E-state index contributed by atoms with van der Waals surface area (Å²) in [5.41, 5.74) is 2.39. The Balaban J connectivity index is 3.29. The van der Waals surface area contributed by atoms with Crippen molar-refractivity contribution in [3.8, 4) is 0 Å². The molecule has 1 N–H and O–H groups in total. The van der Waals surface area contributed by atoms with Crippen LogP contribution in [0.25, 0.3) is 0 Å². The van der Waals surface area contributed by atoms with E-state index in [0.717, 1.165) is 19.4 Å². The summed E-state index contributed by atoms with van der Waals surface area (Å²) >= 11 is 0. The zero-order valence-corrected chi connectivity index (χ0v) is 20.0. The molecule has 176 valence electrons. The lowest BCUT2D eigenvalue weighted by atomic mass is 9.89. The smallest absolute Gasteiger partial charge is 0.305 e. The third kappa shape index (κ3) is 23.7. The Labute approximate surface area is 187 Å². The van der Waals surface area contributed by atoms with Gasteiger partial charge >= 0.3 is 5.97 Å². The third-order valence-corrected chi connectivity index (χ3v) is 5.00. The monoisotopic (exact) mass is 426 g/mol. The number of rotatable bonds is 23. The van der Waals surface area contributed by atoms with Crippen LogP contribution in [0.15, 0.2) is 0 Å². The molecule has 0 rings (SSSR count). The van der Waals surface area contributed by atoms with Crippen LogP contribution in [0.4, 0.5) is 0 Å². The van der Waals surface area contributed by atoms with Crippen molar-refractivity contribution in [3.05, 3.63) is 0 Å². The van der Waals surface area contributed by atoms with Crippen LogP contribution in [-0.2, 0) is 19.2 Å². The molecule has 1 atom stereocenters. The highest BCUT2D eigenvalue weighted by atomic mass is 16.9. The topological polar surface area (TPSA) is 60.0 Å². The number of likely N-dealkylation sites (N-methyl/N-ethyl adjacent to an activating group) is 1. The standard InChI is InChI=1S/C23H47BN2O4/c1-4-5-6-7-8-9-10-11-12-13-14-15-16-17-23(27)28-20-22(24)21-30-25-29-19-18-26(2)3/h22,25H,4-21H2,1-3H3. The van der Waals surface area contributed by atoms with E-state index >= 15 is 0 Å². The van der Waals surface area contributed by atoms with Gasteiger partial charge in [0, 0.05) is 13.0 Å². The molecule has 1 unspecified atom stereocenters. The summed E-state index contributed by atoms with van der Waals surface area (Å²) in [7, 11) is 9.78. The fraction of sp³-hybridized carbons (Fsp3) is 0.957. The first-order valence-electron chi connectivity index (χ1n) is 12.1. The average molecular weight is 426 g/mol. The minimum atomic E-state index is -0.370. The van der Waals surface area contributed by atoms with Gasteiger partial charge in [0.05, 0.1) is 27.7 Å². The van der Waals surface area contributed by atoms with Gasteiger partial charge in [-0.05, 0) is 26.3 Å². The van der Waals surface area contributed by atoms with Gasteiger partial charge in [0.15, 0.2) is 0 Å². The molecule has 0 fully saturated rings. The molecule has 6 nitrogen and oxygen atoms in total. The van der Waals surface area contributed by atoms with E-state index < -0.39 is 0 Å². The van der Waals surface area contributed by atoms with E-state index in [9.17, 15) is 4.79 Å². The SMILES string of the molecule is [B]C(CONOCCN(C)C)COC(=O)CCCCCCCCCCCCCCC. The average Bonchev–Trinajstić information content (AvgIpc) is 2.72. The van der Waals surface area contributed by atoms with Crippen molar-refractivity contribution in [2.45, 2.75) is 103 Å². The van der Waals surface area contributed by atoms with Crippen LogP contribution in [-0.4, -0.2) is 59.2 Å². The number of hydrogen-bond acceptors (Lipinski definition) is 6. The second-order valence-corrected chi connectivity index (χ2v) is 8.48. The minimum Gasteiger partial charge on any atom is -0.466 e. The summed E-state index contributed by atoms with van der Waals surface area (Å²) in [5, 5.41) is 0. The molecule has 7 heteroatoms. The second-order valence-electron chi connectivity index (χ2n) is 8.48. The summed E-state index contributed by atoms with van der Waals surface area (Å²) in [5.74, 6) is -0.547. The van der Waals surface area contributed by atoms with E-state index in [1.54, 1.807) is 0 Å². The Hall–Kier alpha value is -0.625. The number of carbonyl (C=O) groups is 1. The molecule has 0 aliphatic carbocycles. The quantitative estimate of drug-likeness (QED) is 0.108. The third-order valence-electron chi connectivity index (χ3n) is 5.00. The lowest BCUT2D eigenvalue weighted by Crippen LogP contribution is -2.25. The molecule has 0 bridgehead atoms. The van der Waals surface area contributed by atoms with E-state index in [-0.39, 0.29) is 25.0 Å². The van der Waals surface area contributed by atoms with Crippen LogP contribution in [0.2, 0.25) is 5.82 Å². The van der Waals surface area contributed by atoms with E-state index in [1.807, 2.05) is 19.0 Å². The fourth-order valence-electron chi connectivity index (χ4n) is 3.06. The maximum Gasteiger partial charge on any atom is 0.305 e. The molecule has 30 heavy (non-hydrogen) atoms. The zero-order chi connectivity index (χ0) is 22.3. The first-order chi connectivity index (χ1) is 14.6. The lowest BCUT2D eigenvalue weighted by Gasteiger charge is -2.14. The van der Waals surface area contributed by atoms with Gasteiger partial charge in [-0.3, -0.25) is 14.5 Å². The van der Waals surface area contributed by atoms with Gasteiger partial charge in [0.2, 0.25) is 0 Å². The minimum absolute atomic E-state index is 0.163. The lowest BCUT2D eigenvalue weighted by molar-refractivity contribution is -0.174. The molecule has 0 saturated carbocycles. The zero-order valence-electron chi connectivity index (χ0n) is 20.0. The molecular weight excluding hydrogens is 379 g/mol. The molecule has 0 aliphatic rings. The Morgan fingerprint density at radius 3 is 1.90 bits per heavy atom. The predicted octanol–water partition coefficient (Wildman–Crippen LogP) is 4.98. The number of esters is 1. The maximum absolute atomic E-state index is 11.8. The summed E-state index contributed by atoms with van der Waals surface area (Å²) in [6.45, 7) is 3.94. The maximum atomic E-state index is 11.8. The number of carbonyl (C=O) groups excluding carboxylic acids is 1. The molecule has 0 amide bonds. The first-order valence-corrected chi connectivity index (χ1v) is 12.1. The highest BCUT2D eigenvalue weighted by Crippen LogP contribution is 2.13. The summed E-state index contributed by atoms with van der Waals surface area (Å²) in [4.78, 5) is 23.9. The van der Waals surface area contributed by atoms with Crippen molar-refractivity contribution in [1.82, 2.24) is 10.5 Å². The van der Waals surface area contributed by atoms with Crippen molar-refractivity contribution in [2.24, 2.45) is 0 Å². The molecule has 2 radical (unpaired) electrons. The van der Waals surface area contributed by atoms with Crippen LogP contribution in [0, 0.1) is 0 Å². The van der Waals surface area contributed by atoms with Crippen LogP contribution in [0.3, 0.4) is 0 Å². The van der Waals surface area contributed by atoms with Gasteiger partial charge in [-0.25, -0.2) is 0 Å². The highest BCUT2D eigenvalue weighted by Gasteiger charge is 2.08. The predicted molar refractivity (Wildman–Crippen MR) is 124 cm³/mol. The van der Waals surface area contributed by atoms with Crippen LogP contribution in [0.1, 0.15) is 96.8 Å². The fourth-order valence-corrected chi connectivity index (χ4v) is 3.06. The summed E-state index contributed by atoms with van der Waals surface area (Å²) < 4.78 is 5.20. The van der Waals surface area contributed by atoms with Gasteiger partial charge in [-0.15, -0.1) is 0 Å². The number of unbranched alkanes of at least 4 members (excludes halogenated alkanes) is 12. The van der Waals surface area contributed by atoms with E-state index in [0.29, 0.717) is 13.0 Å². The van der Waals surface area contributed by atoms with Crippen molar-refractivity contribution in [2.75, 3.05) is 40.5 Å².